The van der Waals surface area contributed by atoms with Crippen LogP contribution in [0.1, 0.15) is 12.8 Å². The number of alkyl halides is 11. The standard InChI is InChI=1S/C10H7F11O/c11-3-4(12)1-5(22)2-6(13,14)10(20,21)7(15,8(4,16)17)9(5,18)19/h22H,1-3H2. The van der Waals surface area contributed by atoms with E-state index in [1.165, 1.54) is 0 Å². The summed E-state index contributed by atoms with van der Waals surface area (Å²) >= 11 is 0. The first-order valence-electron chi connectivity index (χ1n) is 5.65. The maximum absolute atomic E-state index is 14.1. The highest BCUT2D eigenvalue weighted by molar-refractivity contribution is 5.34. The monoisotopic (exact) mass is 352 g/mol. The lowest BCUT2D eigenvalue weighted by atomic mass is 9.55. The third-order valence-electron chi connectivity index (χ3n) is 4.20. The van der Waals surface area contributed by atoms with Crippen LogP contribution in [0, 0.1) is 0 Å². The molecule has 0 aromatic heterocycles. The fourth-order valence-corrected chi connectivity index (χ4v) is 2.94. The molecule has 2 aliphatic rings. The maximum atomic E-state index is 14.1. The van der Waals surface area contributed by atoms with Gasteiger partial charge in [0.2, 0.25) is 5.67 Å². The van der Waals surface area contributed by atoms with Crippen LogP contribution >= 0.6 is 0 Å². The molecule has 12 heteroatoms. The Labute approximate surface area is 115 Å². The van der Waals surface area contributed by atoms with Crippen molar-refractivity contribution in [3.8, 4) is 0 Å². The van der Waals surface area contributed by atoms with Crippen molar-refractivity contribution in [1.82, 2.24) is 0 Å². The van der Waals surface area contributed by atoms with Gasteiger partial charge in [0.1, 0.15) is 12.3 Å². The summed E-state index contributed by atoms with van der Waals surface area (Å²) in [6, 6.07) is 0. The summed E-state index contributed by atoms with van der Waals surface area (Å²) in [4.78, 5) is 0. The van der Waals surface area contributed by atoms with E-state index in [-0.39, 0.29) is 0 Å². The predicted molar refractivity (Wildman–Crippen MR) is 47.6 cm³/mol. The van der Waals surface area contributed by atoms with E-state index in [9.17, 15) is 53.4 Å². The number of halogens is 11. The molecule has 3 unspecified atom stereocenters. The fraction of sp³-hybridized carbons (Fsp3) is 1.00. The first-order valence-corrected chi connectivity index (χ1v) is 5.65. The summed E-state index contributed by atoms with van der Waals surface area (Å²) in [6.45, 7) is -2.94. The van der Waals surface area contributed by atoms with Crippen LogP contribution in [0.15, 0.2) is 0 Å². The minimum Gasteiger partial charge on any atom is -0.383 e. The first-order chi connectivity index (χ1) is 9.47. The Kier molecular flexibility index (Phi) is 3.04. The molecule has 2 bridgehead atoms. The van der Waals surface area contributed by atoms with Gasteiger partial charge in [-0.25, -0.2) is 13.2 Å². The van der Waals surface area contributed by atoms with E-state index in [0.29, 0.717) is 0 Å². The highest BCUT2D eigenvalue weighted by Gasteiger charge is 3.00. The maximum Gasteiger partial charge on any atom is 0.355 e. The highest BCUT2D eigenvalue weighted by Crippen LogP contribution is 2.73. The highest BCUT2D eigenvalue weighted by atomic mass is 19.3. The number of aliphatic hydroxyl groups is 1. The summed E-state index contributed by atoms with van der Waals surface area (Å²) in [7, 11) is 0. The van der Waals surface area contributed by atoms with Crippen LogP contribution in [0.25, 0.3) is 0 Å². The summed E-state index contributed by atoms with van der Waals surface area (Å²) in [6.07, 6.45) is -5.58. The van der Waals surface area contributed by atoms with Gasteiger partial charge < -0.3 is 5.11 Å². The molecule has 1 N–H and O–H groups in total. The molecule has 1 nitrogen and oxygen atoms in total. The normalized spacial score (nSPS) is 48.0. The van der Waals surface area contributed by atoms with Gasteiger partial charge in [-0.15, -0.1) is 0 Å². The first kappa shape index (κ1) is 17.5. The lowest BCUT2D eigenvalue weighted by molar-refractivity contribution is -0.475. The Morgan fingerprint density at radius 2 is 1.14 bits per heavy atom. The number of hydrogen-bond donors (Lipinski definition) is 1. The zero-order valence-electron chi connectivity index (χ0n) is 10.2. The minimum atomic E-state index is -6.82. The van der Waals surface area contributed by atoms with Crippen molar-refractivity contribution in [3.63, 3.8) is 0 Å². The summed E-state index contributed by atoms with van der Waals surface area (Å²) in [5.41, 5.74) is -16.4. The van der Waals surface area contributed by atoms with Crippen LogP contribution in [0.2, 0.25) is 0 Å². The molecule has 0 radical (unpaired) electrons. The van der Waals surface area contributed by atoms with E-state index in [4.69, 9.17) is 0 Å². The van der Waals surface area contributed by atoms with Crippen molar-refractivity contribution in [2.45, 2.75) is 53.5 Å². The van der Waals surface area contributed by atoms with Gasteiger partial charge in [0.15, 0.2) is 0 Å². The lowest BCUT2D eigenvalue weighted by Gasteiger charge is -2.61. The van der Waals surface area contributed by atoms with Crippen molar-refractivity contribution in [3.05, 3.63) is 0 Å². The van der Waals surface area contributed by atoms with Gasteiger partial charge in [-0.1, -0.05) is 0 Å². The quantitative estimate of drug-likeness (QED) is 0.717. The third kappa shape index (κ3) is 1.37. The molecule has 0 spiro atoms. The number of rotatable bonds is 1. The van der Waals surface area contributed by atoms with Crippen LogP contribution in [0.5, 0.6) is 0 Å². The third-order valence-corrected chi connectivity index (χ3v) is 4.20. The van der Waals surface area contributed by atoms with Gasteiger partial charge in [0.05, 0.1) is 6.42 Å². The average molecular weight is 352 g/mol. The van der Waals surface area contributed by atoms with Crippen molar-refractivity contribution < 1.29 is 53.4 Å². The van der Waals surface area contributed by atoms with E-state index >= 15 is 0 Å². The van der Waals surface area contributed by atoms with Crippen LogP contribution in [0.3, 0.4) is 0 Å². The van der Waals surface area contributed by atoms with Crippen LogP contribution in [-0.4, -0.2) is 52.4 Å². The molecule has 130 valence electrons. The Morgan fingerprint density at radius 1 is 0.682 bits per heavy atom. The number of hydrogen-bond acceptors (Lipinski definition) is 1. The van der Waals surface area contributed by atoms with Crippen LogP contribution in [-0.2, 0) is 0 Å². The number of fused-ring (bicyclic) bond motifs is 2. The SMILES string of the molecule is OC12CC(F)(F)C(F)(F)C(F)(C1(F)F)C(F)(F)C(F)(CF)C2. The summed E-state index contributed by atoms with van der Waals surface area (Å²) in [5.74, 6) is -25.3. The van der Waals surface area contributed by atoms with Gasteiger partial charge >= 0.3 is 29.4 Å². The molecule has 0 aromatic rings. The van der Waals surface area contributed by atoms with Gasteiger partial charge in [-0.05, 0) is 0 Å². The van der Waals surface area contributed by atoms with Crippen LogP contribution < -0.4 is 0 Å². The minimum absolute atomic E-state index is 2.67. The summed E-state index contributed by atoms with van der Waals surface area (Å²) < 4.78 is 148. The Hall–Kier alpha value is -0.810. The largest absolute Gasteiger partial charge is 0.383 e. The molecule has 0 amide bonds. The van der Waals surface area contributed by atoms with E-state index in [0.717, 1.165) is 0 Å². The molecule has 3 atom stereocenters. The van der Waals surface area contributed by atoms with Crippen LogP contribution in [0.4, 0.5) is 48.3 Å². The second-order valence-electron chi connectivity index (χ2n) is 5.57. The molecule has 2 fully saturated rings. The molecule has 2 aliphatic carbocycles. The topological polar surface area (TPSA) is 20.2 Å². The molecule has 0 aliphatic heterocycles. The molecular weight excluding hydrogens is 345 g/mol. The van der Waals surface area contributed by atoms with Gasteiger partial charge in [-0.3, -0.25) is 0 Å². The van der Waals surface area contributed by atoms with E-state index in [1.54, 1.807) is 0 Å². The molecule has 0 aromatic carbocycles. The van der Waals surface area contributed by atoms with Gasteiger partial charge in [0.25, 0.3) is 0 Å². The molecular formula is C10H7F11O. The average Bonchev–Trinajstić information content (AvgIpc) is 2.33. The van der Waals surface area contributed by atoms with Gasteiger partial charge in [-0.2, -0.15) is 35.1 Å². The summed E-state index contributed by atoms with van der Waals surface area (Å²) in [5, 5.41) is 9.32. The lowest BCUT2D eigenvalue weighted by Crippen LogP contribution is -2.89. The Balaban J connectivity index is 2.88. The zero-order valence-corrected chi connectivity index (χ0v) is 10.2. The van der Waals surface area contributed by atoms with Crippen molar-refractivity contribution in [1.29, 1.82) is 0 Å². The van der Waals surface area contributed by atoms with Crippen molar-refractivity contribution in [2.75, 3.05) is 6.67 Å². The Bertz CT molecular complexity index is 495. The Morgan fingerprint density at radius 3 is 1.55 bits per heavy atom. The molecule has 2 saturated carbocycles. The van der Waals surface area contributed by atoms with E-state index in [1.807, 2.05) is 0 Å². The fourth-order valence-electron chi connectivity index (χ4n) is 2.94. The smallest absolute Gasteiger partial charge is 0.355 e. The van der Waals surface area contributed by atoms with Crippen molar-refractivity contribution in [2.24, 2.45) is 0 Å². The second kappa shape index (κ2) is 3.81. The van der Waals surface area contributed by atoms with Gasteiger partial charge in [0, 0.05) is 6.42 Å². The van der Waals surface area contributed by atoms with E-state index in [2.05, 4.69) is 0 Å². The second-order valence-corrected chi connectivity index (χ2v) is 5.57. The molecule has 2 rings (SSSR count). The zero-order chi connectivity index (χ0) is 17.6. The predicted octanol–water partition coefficient (Wildman–Crippen LogP) is 3.45. The van der Waals surface area contributed by atoms with Crippen molar-refractivity contribution >= 4 is 0 Å². The molecule has 0 heterocycles. The molecule has 0 saturated heterocycles. The van der Waals surface area contributed by atoms with E-state index < -0.39 is 60.1 Å². The molecule has 22 heavy (non-hydrogen) atoms.